The minimum absolute atomic E-state index is 0.0346. The largest absolute Gasteiger partial charge is 0.352 e. The van der Waals surface area contributed by atoms with Crippen molar-refractivity contribution in [3.63, 3.8) is 0 Å². The summed E-state index contributed by atoms with van der Waals surface area (Å²) < 4.78 is 0. The topological polar surface area (TPSA) is 78.5 Å². The molecule has 1 aliphatic carbocycles. The van der Waals surface area contributed by atoms with Gasteiger partial charge in [0, 0.05) is 6.04 Å². The number of nitrogens with one attached hydrogen (secondary N) is 2. The summed E-state index contributed by atoms with van der Waals surface area (Å²) in [6.45, 7) is 3.43. The molecule has 4 amide bonds. The summed E-state index contributed by atoms with van der Waals surface area (Å²) in [6, 6.07) is 7.17. The van der Waals surface area contributed by atoms with Gasteiger partial charge in [0.1, 0.15) is 12.1 Å². The van der Waals surface area contributed by atoms with E-state index in [0.717, 1.165) is 28.9 Å². The van der Waals surface area contributed by atoms with Crippen LogP contribution in [0.15, 0.2) is 24.3 Å². The molecule has 0 bridgehead atoms. The summed E-state index contributed by atoms with van der Waals surface area (Å²) in [4.78, 5) is 38.2. The summed E-state index contributed by atoms with van der Waals surface area (Å²) in [6.07, 6.45) is 2.29. The molecular formula is C17H21N3O3. The van der Waals surface area contributed by atoms with Gasteiger partial charge in [-0.15, -0.1) is 0 Å². The Balaban J connectivity index is 1.89. The minimum Gasteiger partial charge on any atom is -0.352 e. The van der Waals surface area contributed by atoms with Crippen molar-refractivity contribution < 1.29 is 14.4 Å². The van der Waals surface area contributed by atoms with Gasteiger partial charge in [-0.2, -0.15) is 0 Å². The van der Waals surface area contributed by atoms with Crippen molar-refractivity contribution in [2.24, 2.45) is 0 Å². The maximum Gasteiger partial charge on any atom is 0.325 e. The molecule has 122 valence electrons. The highest BCUT2D eigenvalue weighted by Crippen LogP contribution is 2.39. The lowest BCUT2D eigenvalue weighted by Gasteiger charge is -2.33. The molecule has 0 aromatic heterocycles. The van der Waals surface area contributed by atoms with Crippen molar-refractivity contribution in [3.8, 4) is 0 Å². The molecule has 23 heavy (non-hydrogen) atoms. The number of fused-ring (bicyclic) bond motifs is 2. The van der Waals surface area contributed by atoms with E-state index in [1.165, 1.54) is 0 Å². The van der Waals surface area contributed by atoms with Crippen LogP contribution >= 0.6 is 0 Å². The lowest BCUT2D eigenvalue weighted by Crippen LogP contribution is -2.47. The van der Waals surface area contributed by atoms with Crippen LogP contribution in [0.4, 0.5) is 4.79 Å². The number of benzene rings is 1. The van der Waals surface area contributed by atoms with Crippen molar-refractivity contribution in [1.82, 2.24) is 15.5 Å². The third-order valence-corrected chi connectivity index (χ3v) is 4.40. The van der Waals surface area contributed by atoms with Crippen LogP contribution in [0, 0.1) is 0 Å². The Bertz CT molecular complexity index is 671. The Labute approximate surface area is 135 Å². The van der Waals surface area contributed by atoms with Crippen molar-refractivity contribution in [2.75, 3.05) is 6.54 Å². The monoisotopic (exact) mass is 315 g/mol. The SMILES string of the molecule is CC(C)NC(=O)CN1C(=O)N[C@]2(CCCc3ccccc32)C1=O. The van der Waals surface area contributed by atoms with Gasteiger partial charge in [0.25, 0.3) is 5.91 Å². The first-order valence-electron chi connectivity index (χ1n) is 7.96. The van der Waals surface area contributed by atoms with Gasteiger partial charge in [-0.25, -0.2) is 4.79 Å². The van der Waals surface area contributed by atoms with Crippen LogP contribution in [0.5, 0.6) is 0 Å². The van der Waals surface area contributed by atoms with Crippen LogP contribution in [0.25, 0.3) is 0 Å². The smallest absolute Gasteiger partial charge is 0.325 e. The van der Waals surface area contributed by atoms with Crippen LogP contribution in [0.2, 0.25) is 0 Å². The number of carbonyl (C=O) groups excluding carboxylic acids is 3. The van der Waals surface area contributed by atoms with E-state index in [2.05, 4.69) is 10.6 Å². The number of hydrogen-bond acceptors (Lipinski definition) is 3. The second-order valence-corrected chi connectivity index (χ2v) is 6.46. The van der Waals surface area contributed by atoms with Crippen molar-refractivity contribution in [3.05, 3.63) is 35.4 Å². The molecule has 2 aliphatic rings. The molecule has 0 saturated carbocycles. The molecule has 3 rings (SSSR count). The zero-order chi connectivity index (χ0) is 16.6. The van der Waals surface area contributed by atoms with Gasteiger partial charge in [0.05, 0.1) is 0 Å². The molecule has 1 fully saturated rings. The van der Waals surface area contributed by atoms with Crippen LogP contribution in [-0.4, -0.2) is 35.3 Å². The van der Waals surface area contributed by atoms with Crippen molar-refractivity contribution in [1.29, 1.82) is 0 Å². The van der Waals surface area contributed by atoms with E-state index in [1.54, 1.807) is 0 Å². The fraction of sp³-hybridized carbons (Fsp3) is 0.471. The standard InChI is InChI=1S/C17H21N3O3/c1-11(2)18-14(21)10-20-15(22)17(19-16(20)23)9-5-7-12-6-3-4-8-13(12)17/h3-4,6,8,11H,5,7,9-10H2,1-2H3,(H,18,21)(H,19,23)/t17-/m0/s1. The van der Waals surface area contributed by atoms with E-state index in [1.807, 2.05) is 38.1 Å². The van der Waals surface area contributed by atoms with Crippen LogP contribution < -0.4 is 10.6 Å². The molecule has 1 atom stereocenters. The van der Waals surface area contributed by atoms with Crippen molar-refractivity contribution >= 4 is 17.8 Å². The van der Waals surface area contributed by atoms with E-state index in [9.17, 15) is 14.4 Å². The highest BCUT2D eigenvalue weighted by atomic mass is 16.2. The Morgan fingerprint density at radius 3 is 2.83 bits per heavy atom. The molecule has 0 radical (unpaired) electrons. The number of hydrogen-bond donors (Lipinski definition) is 2. The highest BCUT2D eigenvalue weighted by Gasteiger charge is 2.54. The Morgan fingerprint density at radius 1 is 1.35 bits per heavy atom. The Morgan fingerprint density at radius 2 is 2.09 bits per heavy atom. The first kappa shape index (κ1) is 15.5. The van der Waals surface area contributed by atoms with E-state index in [-0.39, 0.29) is 24.4 Å². The average Bonchev–Trinajstić information content (AvgIpc) is 2.72. The number of rotatable bonds is 3. The number of urea groups is 1. The molecule has 6 nitrogen and oxygen atoms in total. The molecule has 2 N–H and O–H groups in total. The molecule has 1 aromatic rings. The maximum atomic E-state index is 12.9. The summed E-state index contributed by atoms with van der Waals surface area (Å²) in [7, 11) is 0. The number of imide groups is 1. The van der Waals surface area contributed by atoms with Gasteiger partial charge in [-0.05, 0) is 44.2 Å². The second kappa shape index (κ2) is 5.68. The maximum absolute atomic E-state index is 12.9. The first-order valence-corrected chi connectivity index (χ1v) is 7.96. The van der Waals surface area contributed by atoms with Gasteiger partial charge in [-0.1, -0.05) is 24.3 Å². The number of aryl methyl sites for hydroxylation is 1. The van der Waals surface area contributed by atoms with Gasteiger partial charge >= 0.3 is 6.03 Å². The molecule has 1 aliphatic heterocycles. The van der Waals surface area contributed by atoms with E-state index in [4.69, 9.17) is 0 Å². The fourth-order valence-corrected chi connectivity index (χ4v) is 3.47. The molecule has 1 aromatic carbocycles. The normalized spacial score (nSPS) is 23.2. The highest BCUT2D eigenvalue weighted by molar-refractivity contribution is 6.09. The summed E-state index contributed by atoms with van der Waals surface area (Å²) in [5, 5.41) is 5.55. The van der Waals surface area contributed by atoms with E-state index < -0.39 is 11.6 Å². The lowest BCUT2D eigenvalue weighted by molar-refractivity contribution is -0.135. The van der Waals surface area contributed by atoms with Crippen LogP contribution in [-0.2, 0) is 21.5 Å². The average molecular weight is 315 g/mol. The van der Waals surface area contributed by atoms with E-state index >= 15 is 0 Å². The number of carbonyl (C=O) groups is 3. The van der Waals surface area contributed by atoms with Gasteiger partial charge < -0.3 is 10.6 Å². The van der Waals surface area contributed by atoms with Gasteiger partial charge in [0.2, 0.25) is 5.91 Å². The first-order chi connectivity index (χ1) is 10.9. The summed E-state index contributed by atoms with van der Waals surface area (Å²) >= 11 is 0. The number of nitrogens with zero attached hydrogens (tertiary/aromatic N) is 1. The van der Waals surface area contributed by atoms with Crippen LogP contribution in [0.3, 0.4) is 0 Å². The summed E-state index contributed by atoms with van der Waals surface area (Å²) in [5.74, 6) is -0.654. The van der Waals surface area contributed by atoms with Crippen molar-refractivity contribution in [2.45, 2.75) is 44.7 Å². The predicted octanol–water partition coefficient (Wildman–Crippen LogP) is 1.29. The molecule has 6 heteroatoms. The lowest BCUT2D eigenvalue weighted by atomic mass is 9.76. The zero-order valence-electron chi connectivity index (χ0n) is 13.4. The van der Waals surface area contributed by atoms with Gasteiger partial charge in [0.15, 0.2) is 0 Å². The van der Waals surface area contributed by atoms with E-state index in [0.29, 0.717) is 6.42 Å². The van der Waals surface area contributed by atoms with Gasteiger partial charge in [-0.3, -0.25) is 14.5 Å². The minimum atomic E-state index is -1.01. The molecule has 1 saturated heterocycles. The second-order valence-electron chi connectivity index (χ2n) is 6.46. The van der Waals surface area contributed by atoms with Crippen LogP contribution in [0.1, 0.15) is 37.8 Å². The zero-order valence-corrected chi connectivity index (χ0v) is 13.4. The molecule has 1 heterocycles. The predicted molar refractivity (Wildman–Crippen MR) is 84.6 cm³/mol. The molecule has 0 unspecified atom stereocenters. The third-order valence-electron chi connectivity index (χ3n) is 4.40. The third kappa shape index (κ3) is 2.58. The Hall–Kier alpha value is -2.37. The Kier molecular flexibility index (Phi) is 3.83. The number of amides is 4. The quantitative estimate of drug-likeness (QED) is 0.825. The fourth-order valence-electron chi connectivity index (χ4n) is 3.47. The molecule has 1 spiro atoms. The summed E-state index contributed by atoms with van der Waals surface area (Å²) in [5.41, 5.74) is 0.932. The molecular weight excluding hydrogens is 294 g/mol.